The number of piperazine rings is 1. The fraction of sp³-hybridized carbons (Fsp3) is 0.542. The lowest BCUT2D eigenvalue weighted by Crippen LogP contribution is -2.47. The molecule has 0 radical (unpaired) electrons. The van der Waals surface area contributed by atoms with E-state index >= 15 is 0 Å². The van der Waals surface area contributed by atoms with E-state index in [0.29, 0.717) is 54.8 Å². The predicted molar refractivity (Wildman–Crippen MR) is 125 cm³/mol. The largest absolute Gasteiger partial charge is 0.370 e. The maximum absolute atomic E-state index is 14.3. The number of piperidine rings is 1. The van der Waals surface area contributed by atoms with Crippen LogP contribution in [0.15, 0.2) is 24.4 Å². The summed E-state index contributed by atoms with van der Waals surface area (Å²) in [7, 11) is 0. The smallest absolute Gasteiger partial charge is 0.257 e. The first-order valence-corrected chi connectivity index (χ1v) is 12.6. The molecule has 3 aliphatic rings. The van der Waals surface area contributed by atoms with Gasteiger partial charge in [-0.25, -0.2) is 8.70 Å². The Bertz CT molecular complexity index is 1050. The van der Waals surface area contributed by atoms with Crippen LogP contribution in [0.5, 0.6) is 0 Å². The van der Waals surface area contributed by atoms with Crippen molar-refractivity contribution < 1.29 is 14.0 Å². The lowest BCUT2D eigenvalue weighted by molar-refractivity contribution is -0.126. The van der Waals surface area contributed by atoms with E-state index in [-0.39, 0.29) is 17.1 Å². The van der Waals surface area contributed by atoms with Gasteiger partial charge in [0.2, 0.25) is 0 Å². The highest BCUT2D eigenvalue weighted by Crippen LogP contribution is 2.45. The van der Waals surface area contributed by atoms with Crippen molar-refractivity contribution in [2.45, 2.75) is 32.1 Å². The van der Waals surface area contributed by atoms with Crippen LogP contribution in [0, 0.1) is 11.2 Å². The first-order valence-electron chi connectivity index (χ1n) is 11.5. The summed E-state index contributed by atoms with van der Waals surface area (Å²) in [5.74, 6) is 0.0144. The summed E-state index contributed by atoms with van der Waals surface area (Å²) in [6.45, 7) is 4.37. The van der Waals surface area contributed by atoms with E-state index in [1.165, 1.54) is 12.1 Å². The minimum Gasteiger partial charge on any atom is -0.370 e. The topological polar surface area (TPSA) is 56.8 Å². The van der Waals surface area contributed by atoms with E-state index in [1.54, 1.807) is 24.2 Å². The second-order valence-electron chi connectivity index (χ2n) is 9.13. The summed E-state index contributed by atoms with van der Waals surface area (Å²) >= 11 is 1.70. The molecule has 2 aliphatic heterocycles. The fourth-order valence-corrected chi connectivity index (χ4v) is 6.10. The molecule has 1 spiro atoms. The third-order valence-corrected chi connectivity index (χ3v) is 8.39. The van der Waals surface area contributed by atoms with Crippen molar-refractivity contribution >= 4 is 40.2 Å². The molecule has 0 N–H and O–H groups in total. The van der Waals surface area contributed by atoms with Crippen LogP contribution < -0.4 is 4.90 Å². The number of carbonyl (C=O) groups is 2. The summed E-state index contributed by atoms with van der Waals surface area (Å²) in [5.41, 5.74) is 1.80. The molecule has 8 heteroatoms. The molecule has 1 aliphatic carbocycles. The Morgan fingerprint density at radius 2 is 1.84 bits per heavy atom. The molecule has 5 rings (SSSR count). The molecule has 32 heavy (non-hydrogen) atoms. The molecule has 2 aromatic rings. The predicted octanol–water partition coefficient (Wildman–Crippen LogP) is 3.75. The van der Waals surface area contributed by atoms with Crippen molar-refractivity contribution in [3.63, 3.8) is 0 Å². The first-order chi connectivity index (χ1) is 15.5. The lowest BCUT2D eigenvalue weighted by atomic mass is 9.76. The minimum atomic E-state index is -0.335. The molecule has 0 bridgehead atoms. The average Bonchev–Trinajstić information content (AvgIpc) is 3.18. The molecule has 6 nitrogen and oxygen atoms in total. The molecule has 0 atom stereocenters. The minimum absolute atomic E-state index is 0.0448. The normalized spacial score (nSPS) is 21.6. The number of anilines is 1. The van der Waals surface area contributed by atoms with Crippen LogP contribution in [-0.4, -0.2) is 71.4 Å². The van der Waals surface area contributed by atoms with Gasteiger partial charge in [-0.3, -0.25) is 14.6 Å². The van der Waals surface area contributed by atoms with Crippen LogP contribution in [0.2, 0.25) is 0 Å². The number of ketones is 1. The maximum Gasteiger partial charge on any atom is 0.257 e. The van der Waals surface area contributed by atoms with Crippen molar-refractivity contribution in [3.05, 3.63) is 35.8 Å². The number of carbonyl (C=O) groups excluding carboxylic acids is 2. The first kappa shape index (κ1) is 21.6. The molecule has 0 unspecified atom stereocenters. The number of amides is 1. The van der Waals surface area contributed by atoms with Gasteiger partial charge in [-0.1, -0.05) is 11.9 Å². The average molecular weight is 457 g/mol. The Morgan fingerprint density at radius 3 is 2.50 bits per heavy atom. The van der Waals surface area contributed by atoms with E-state index in [9.17, 15) is 14.0 Å². The quantitative estimate of drug-likeness (QED) is 0.656. The Hall–Kier alpha value is -2.19. The van der Waals surface area contributed by atoms with Gasteiger partial charge in [0.25, 0.3) is 5.91 Å². The van der Waals surface area contributed by atoms with Gasteiger partial charge in [-0.05, 0) is 50.1 Å². The van der Waals surface area contributed by atoms with Crippen molar-refractivity contribution in [3.8, 4) is 0 Å². The summed E-state index contributed by atoms with van der Waals surface area (Å²) in [4.78, 5) is 34.7. The fourth-order valence-electron chi connectivity index (χ4n) is 5.57. The molecule has 170 valence electrons. The highest BCUT2D eigenvalue weighted by Gasteiger charge is 2.44. The van der Waals surface area contributed by atoms with Gasteiger partial charge >= 0.3 is 0 Å². The number of hydrogen-bond donors (Lipinski definition) is 0. The van der Waals surface area contributed by atoms with Crippen LogP contribution in [0.3, 0.4) is 0 Å². The zero-order valence-electron chi connectivity index (χ0n) is 18.5. The van der Waals surface area contributed by atoms with Crippen molar-refractivity contribution in [1.82, 2.24) is 14.2 Å². The van der Waals surface area contributed by atoms with Crippen LogP contribution in [-0.2, 0) is 4.79 Å². The number of nitrogens with zero attached hydrogens (tertiary/aromatic N) is 4. The highest BCUT2D eigenvalue weighted by molar-refractivity contribution is 7.96. The van der Waals surface area contributed by atoms with E-state index in [2.05, 4.69) is 20.4 Å². The van der Waals surface area contributed by atoms with Gasteiger partial charge in [-0.15, -0.1) is 0 Å². The van der Waals surface area contributed by atoms with Gasteiger partial charge < -0.3 is 9.80 Å². The van der Waals surface area contributed by atoms with Gasteiger partial charge in [0.1, 0.15) is 11.6 Å². The Morgan fingerprint density at radius 1 is 1.09 bits per heavy atom. The SMILES string of the molecule is CSN1CCN(C(=O)c2cnc3ccc(F)cc3c2N2CCC3(CCCC3=O)CC2)CC1. The second kappa shape index (κ2) is 8.63. The standard InChI is InChI=1S/C24H29FN4O2S/c1-32-29-13-11-28(12-14-29)23(31)19-16-26-20-5-4-17(25)15-18(20)22(19)27-9-7-24(8-10-27)6-2-3-21(24)30/h4-5,15-16H,2-3,6-14H2,1H3. The zero-order chi connectivity index (χ0) is 22.3. The molecule has 2 saturated heterocycles. The monoisotopic (exact) mass is 456 g/mol. The zero-order valence-corrected chi connectivity index (χ0v) is 19.3. The lowest BCUT2D eigenvalue weighted by Gasteiger charge is -2.40. The Balaban J connectivity index is 1.49. The number of hydrogen-bond acceptors (Lipinski definition) is 6. The second-order valence-corrected chi connectivity index (χ2v) is 10.0. The molecule has 1 saturated carbocycles. The van der Waals surface area contributed by atoms with Gasteiger partial charge in [0.05, 0.1) is 16.8 Å². The number of Topliss-reactive ketones (excluding diaryl/α,β-unsaturated/α-hetero) is 1. The van der Waals surface area contributed by atoms with Gasteiger partial charge in [0.15, 0.2) is 0 Å². The van der Waals surface area contributed by atoms with E-state index in [4.69, 9.17) is 0 Å². The number of rotatable bonds is 3. The third-order valence-electron chi connectivity index (χ3n) is 7.50. The van der Waals surface area contributed by atoms with E-state index in [0.717, 1.165) is 44.5 Å². The molecule has 1 aromatic heterocycles. The molecule has 3 fully saturated rings. The Kier molecular flexibility index (Phi) is 5.84. The van der Waals surface area contributed by atoms with Crippen LogP contribution >= 0.6 is 11.9 Å². The maximum atomic E-state index is 14.3. The van der Waals surface area contributed by atoms with Gasteiger partial charge in [0, 0.05) is 62.7 Å². The number of pyridine rings is 1. The van der Waals surface area contributed by atoms with Crippen LogP contribution in [0.25, 0.3) is 10.9 Å². The summed E-state index contributed by atoms with van der Waals surface area (Å²) in [6, 6.07) is 4.57. The summed E-state index contributed by atoms with van der Waals surface area (Å²) in [6.07, 6.45) is 7.94. The van der Waals surface area contributed by atoms with Crippen LogP contribution in [0.4, 0.5) is 10.1 Å². The van der Waals surface area contributed by atoms with Crippen molar-refractivity contribution in [1.29, 1.82) is 0 Å². The Labute approximate surface area is 192 Å². The highest BCUT2D eigenvalue weighted by atomic mass is 32.2. The summed E-state index contributed by atoms with van der Waals surface area (Å²) in [5, 5.41) is 0.673. The third kappa shape index (κ3) is 3.77. The molecule has 3 heterocycles. The number of fused-ring (bicyclic) bond motifs is 1. The molecule has 1 aromatic carbocycles. The van der Waals surface area contributed by atoms with E-state index in [1.807, 2.05) is 4.90 Å². The summed E-state index contributed by atoms with van der Waals surface area (Å²) < 4.78 is 16.5. The van der Waals surface area contributed by atoms with E-state index < -0.39 is 0 Å². The molecule has 1 amide bonds. The number of halogens is 1. The number of aromatic nitrogens is 1. The van der Waals surface area contributed by atoms with Crippen molar-refractivity contribution in [2.24, 2.45) is 5.41 Å². The van der Waals surface area contributed by atoms with Crippen molar-refractivity contribution in [2.75, 3.05) is 50.4 Å². The van der Waals surface area contributed by atoms with Crippen LogP contribution in [0.1, 0.15) is 42.5 Å². The molecular weight excluding hydrogens is 427 g/mol. The molecular formula is C24H29FN4O2S. The number of benzene rings is 1. The van der Waals surface area contributed by atoms with Gasteiger partial charge in [-0.2, -0.15) is 0 Å².